The highest BCUT2D eigenvalue weighted by molar-refractivity contribution is 6.32. The van der Waals surface area contributed by atoms with E-state index >= 15 is 0 Å². The van der Waals surface area contributed by atoms with E-state index in [9.17, 15) is 0 Å². The Balaban J connectivity index is 1.95. The number of rotatable bonds is 4. The first-order chi connectivity index (χ1) is 8.31. The first kappa shape index (κ1) is 12.0. The highest BCUT2D eigenvalue weighted by Crippen LogP contribution is 2.24. The molecule has 0 spiro atoms. The molecule has 0 saturated carbocycles. The Labute approximate surface area is 107 Å². The largest absolute Gasteiger partial charge is 0.384 e. The molecular formula is C14H15ClN2. The Morgan fingerprint density at radius 1 is 1.41 bits per heavy atom. The number of allylic oxidation sites excluding steroid dienone is 1. The second-order valence-electron chi connectivity index (χ2n) is 4.21. The average Bonchev–Trinajstić information content (AvgIpc) is 2.82. The third-order valence-corrected chi connectivity index (χ3v) is 3.34. The monoisotopic (exact) mass is 246 g/mol. The van der Waals surface area contributed by atoms with Gasteiger partial charge in [0.25, 0.3) is 0 Å². The Hall–Kier alpha value is -1.46. The molecule has 0 saturated heterocycles. The quantitative estimate of drug-likeness (QED) is 0.811. The Morgan fingerprint density at radius 3 is 3.00 bits per heavy atom. The summed E-state index contributed by atoms with van der Waals surface area (Å²) in [6.07, 6.45) is 7.11. The maximum absolute atomic E-state index is 9.02. The van der Waals surface area contributed by atoms with Crippen LogP contribution in [0.5, 0.6) is 0 Å². The summed E-state index contributed by atoms with van der Waals surface area (Å²) in [7, 11) is 0. The van der Waals surface area contributed by atoms with Crippen molar-refractivity contribution in [2.24, 2.45) is 0 Å². The van der Waals surface area contributed by atoms with Crippen LogP contribution >= 0.6 is 11.6 Å². The minimum Gasteiger partial charge on any atom is -0.384 e. The van der Waals surface area contributed by atoms with E-state index in [0.717, 1.165) is 18.7 Å². The molecule has 0 atom stereocenters. The van der Waals surface area contributed by atoms with E-state index in [2.05, 4.69) is 17.5 Å². The molecule has 0 heterocycles. The van der Waals surface area contributed by atoms with Crippen LogP contribution in [0.4, 0.5) is 5.69 Å². The van der Waals surface area contributed by atoms with Crippen LogP contribution < -0.4 is 5.32 Å². The van der Waals surface area contributed by atoms with Crippen LogP contribution in [0.15, 0.2) is 29.8 Å². The molecule has 1 aliphatic carbocycles. The lowest BCUT2D eigenvalue weighted by molar-refractivity contribution is 0.863. The molecular weight excluding hydrogens is 232 g/mol. The number of nitrogens with one attached hydrogen (secondary N) is 1. The lowest BCUT2D eigenvalue weighted by Crippen LogP contribution is -2.04. The average molecular weight is 247 g/mol. The van der Waals surface area contributed by atoms with E-state index in [1.54, 1.807) is 6.07 Å². The summed E-state index contributed by atoms with van der Waals surface area (Å²) >= 11 is 5.96. The van der Waals surface area contributed by atoms with Crippen molar-refractivity contribution >= 4 is 17.3 Å². The fourth-order valence-corrected chi connectivity index (χ4v) is 2.32. The molecule has 17 heavy (non-hydrogen) atoms. The van der Waals surface area contributed by atoms with Crippen molar-refractivity contribution in [3.63, 3.8) is 0 Å². The van der Waals surface area contributed by atoms with E-state index in [-0.39, 0.29) is 0 Å². The van der Waals surface area contributed by atoms with Gasteiger partial charge < -0.3 is 5.32 Å². The molecule has 88 valence electrons. The van der Waals surface area contributed by atoms with Crippen LogP contribution in [-0.4, -0.2) is 6.54 Å². The molecule has 1 N–H and O–H groups in total. The molecule has 3 heteroatoms. The number of nitrogens with zero attached hydrogens (tertiary/aromatic N) is 1. The third-order valence-electron chi connectivity index (χ3n) is 3.02. The summed E-state index contributed by atoms with van der Waals surface area (Å²) in [4.78, 5) is 0. The first-order valence-corrected chi connectivity index (χ1v) is 6.29. The number of nitriles is 1. The van der Waals surface area contributed by atoms with Crippen molar-refractivity contribution in [3.05, 3.63) is 40.4 Å². The van der Waals surface area contributed by atoms with E-state index in [0.29, 0.717) is 10.6 Å². The zero-order chi connectivity index (χ0) is 12.1. The van der Waals surface area contributed by atoms with Crippen LogP contribution in [0.25, 0.3) is 0 Å². The molecule has 2 nitrogen and oxygen atoms in total. The van der Waals surface area contributed by atoms with Gasteiger partial charge in [0.2, 0.25) is 0 Å². The van der Waals surface area contributed by atoms with Gasteiger partial charge in [-0.05, 0) is 37.8 Å². The standard InChI is InChI=1S/C14H15ClN2/c15-13-6-3-7-14(12(13)10-16)17-9-8-11-4-1-2-5-11/h3-4,6-7,17H,1-2,5,8-9H2. The number of benzene rings is 1. The van der Waals surface area contributed by atoms with Crippen molar-refractivity contribution in [2.45, 2.75) is 25.7 Å². The molecule has 1 aromatic rings. The highest BCUT2D eigenvalue weighted by Gasteiger charge is 2.07. The molecule has 0 aromatic heterocycles. The third kappa shape index (κ3) is 3.01. The minimum absolute atomic E-state index is 0.512. The van der Waals surface area contributed by atoms with E-state index in [1.165, 1.54) is 24.8 Å². The van der Waals surface area contributed by atoms with Crippen LogP contribution in [0.1, 0.15) is 31.2 Å². The normalized spacial score (nSPS) is 14.2. The summed E-state index contributed by atoms with van der Waals surface area (Å²) in [6, 6.07) is 7.63. The molecule has 0 fully saturated rings. The van der Waals surface area contributed by atoms with Crippen LogP contribution in [0, 0.1) is 11.3 Å². The van der Waals surface area contributed by atoms with E-state index < -0.39 is 0 Å². The molecule has 0 bridgehead atoms. The summed E-state index contributed by atoms with van der Waals surface area (Å²) in [5, 5.41) is 12.8. The second kappa shape index (κ2) is 5.75. The summed E-state index contributed by atoms with van der Waals surface area (Å²) in [6.45, 7) is 0.862. The van der Waals surface area contributed by atoms with Crippen LogP contribution in [0.3, 0.4) is 0 Å². The number of hydrogen-bond donors (Lipinski definition) is 1. The predicted octanol–water partition coefficient (Wildman–Crippen LogP) is 4.12. The van der Waals surface area contributed by atoms with Gasteiger partial charge in [0.1, 0.15) is 6.07 Å². The molecule has 1 aromatic carbocycles. The van der Waals surface area contributed by atoms with Gasteiger partial charge in [-0.1, -0.05) is 29.3 Å². The summed E-state index contributed by atoms with van der Waals surface area (Å²) in [5.41, 5.74) is 2.89. The fourth-order valence-electron chi connectivity index (χ4n) is 2.11. The van der Waals surface area contributed by atoms with Crippen LogP contribution in [-0.2, 0) is 0 Å². The van der Waals surface area contributed by atoms with Crippen molar-refractivity contribution in [3.8, 4) is 6.07 Å². The van der Waals surface area contributed by atoms with Crippen molar-refractivity contribution in [1.29, 1.82) is 5.26 Å². The van der Waals surface area contributed by atoms with Gasteiger partial charge >= 0.3 is 0 Å². The van der Waals surface area contributed by atoms with Gasteiger partial charge in [-0.15, -0.1) is 0 Å². The highest BCUT2D eigenvalue weighted by atomic mass is 35.5. The zero-order valence-electron chi connectivity index (χ0n) is 9.67. The fraction of sp³-hybridized carbons (Fsp3) is 0.357. The van der Waals surface area contributed by atoms with Gasteiger partial charge in [0.05, 0.1) is 16.3 Å². The lowest BCUT2D eigenvalue weighted by Gasteiger charge is -2.09. The van der Waals surface area contributed by atoms with Crippen molar-refractivity contribution in [2.75, 3.05) is 11.9 Å². The Morgan fingerprint density at radius 2 is 2.29 bits per heavy atom. The maximum Gasteiger partial charge on any atom is 0.103 e. The number of anilines is 1. The van der Waals surface area contributed by atoms with Gasteiger partial charge in [0, 0.05) is 6.54 Å². The Kier molecular flexibility index (Phi) is 4.06. The molecule has 2 rings (SSSR count). The zero-order valence-corrected chi connectivity index (χ0v) is 10.4. The van der Waals surface area contributed by atoms with Gasteiger partial charge in [-0.3, -0.25) is 0 Å². The van der Waals surface area contributed by atoms with E-state index in [1.807, 2.05) is 12.1 Å². The maximum atomic E-state index is 9.02. The van der Waals surface area contributed by atoms with Crippen LogP contribution in [0.2, 0.25) is 5.02 Å². The Bertz CT molecular complexity index is 472. The molecule has 0 radical (unpaired) electrons. The summed E-state index contributed by atoms with van der Waals surface area (Å²) in [5.74, 6) is 0. The molecule has 0 unspecified atom stereocenters. The van der Waals surface area contributed by atoms with Crippen molar-refractivity contribution < 1.29 is 0 Å². The minimum atomic E-state index is 0.512. The smallest absolute Gasteiger partial charge is 0.103 e. The first-order valence-electron chi connectivity index (χ1n) is 5.91. The SMILES string of the molecule is N#Cc1c(Cl)cccc1NCCC1=CCCC1. The van der Waals surface area contributed by atoms with Gasteiger partial charge in [-0.25, -0.2) is 0 Å². The molecule has 0 aliphatic heterocycles. The number of hydrogen-bond acceptors (Lipinski definition) is 2. The lowest BCUT2D eigenvalue weighted by atomic mass is 10.1. The second-order valence-corrected chi connectivity index (χ2v) is 4.61. The summed E-state index contributed by atoms with van der Waals surface area (Å²) < 4.78 is 0. The van der Waals surface area contributed by atoms with Gasteiger partial charge in [-0.2, -0.15) is 5.26 Å². The van der Waals surface area contributed by atoms with E-state index in [4.69, 9.17) is 16.9 Å². The predicted molar refractivity (Wildman–Crippen MR) is 71.2 cm³/mol. The molecule has 0 amide bonds. The van der Waals surface area contributed by atoms with Crippen molar-refractivity contribution in [1.82, 2.24) is 0 Å². The number of halogens is 1. The molecule has 1 aliphatic rings. The topological polar surface area (TPSA) is 35.8 Å². The van der Waals surface area contributed by atoms with Gasteiger partial charge in [0.15, 0.2) is 0 Å².